The molecule has 0 saturated heterocycles. The van der Waals surface area contributed by atoms with E-state index in [1.165, 1.54) is 0 Å². The van der Waals surface area contributed by atoms with Crippen molar-refractivity contribution in [3.63, 3.8) is 0 Å². The third kappa shape index (κ3) is 5.16. The van der Waals surface area contributed by atoms with Crippen molar-refractivity contribution in [2.24, 2.45) is 0 Å². The number of carbonyl (C=O) groups excluding carboxylic acids is 1. The molecule has 0 unspecified atom stereocenters. The number of alkyl halides is 3. The van der Waals surface area contributed by atoms with Crippen molar-refractivity contribution in [1.29, 1.82) is 0 Å². The van der Waals surface area contributed by atoms with E-state index in [2.05, 4.69) is 25.3 Å². The average molecular weight is 531 g/mol. The van der Waals surface area contributed by atoms with E-state index in [1.807, 2.05) is 11.9 Å². The minimum atomic E-state index is -4.62. The molecule has 0 aliphatic carbocycles. The summed E-state index contributed by atoms with van der Waals surface area (Å²) < 4.78 is 48.5. The van der Waals surface area contributed by atoms with Crippen molar-refractivity contribution in [3.8, 4) is 11.6 Å². The summed E-state index contributed by atoms with van der Waals surface area (Å²) in [6.07, 6.45) is 0.969. The van der Waals surface area contributed by atoms with Crippen LogP contribution in [0.25, 0.3) is 0 Å². The summed E-state index contributed by atoms with van der Waals surface area (Å²) in [5.41, 5.74) is 2.41. The second kappa shape index (κ2) is 10.4. The Morgan fingerprint density at radius 2 is 1.92 bits per heavy atom. The van der Waals surface area contributed by atoms with Crippen LogP contribution in [0.1, 0.15) is 29.9 Å². The number of nitrogens with zero attached hydrogens (tertiary/aromatic N) is 7. The average Bonchev–Trinajstić information content (AvgIpc) is 2.91. The fraction of sp³-hybridized carbons (Fsp3) is 0.417. The highest BCUT2D eigenvalue weighted by Gasteiger charge is 2.40. The number of pyridine rings is 1. The maximum Gasteiger partial charge on any atom is 0.451 e. The Kier molecular flexibility index (Phi) is 6.97. The van der Waals surface area contributed by atoms with Crippen molar-refractivity contribution in [1.82, 2.24) is 24.9 Å². The number of hydrogen-bond donors (Lipinski definition) is 1. The summed E-state index contributed by atoms with van der Waals surface area (Å²) >= 11 is 0. The van der Waals surface area contributed by atoms with Crippen LogP contribution < -0.4 is 19.9 Å². The normalized spacial score (nSPS) is 16.9. The van der Waals surface area contributed by atoms with E-state index >= 15 is 0 Å². The van der Waals surface area contributed by atoms with E-state index < -0.39 is 12.0 Å². The minimum absolute atomic E-state index is 0.0354. The number of hydrogen-bond acceptors (Lipinski definition) is 10. The Labute approximate surface area is 216 Å². The zero-order chi connectivity index (χ0) is 26.9. The first-order chi connectivity index (χ1) is 18.2. The summed E-state index contributed by atoms with van der Waals surface area (Å²) in [5, 5.41) is 3.22. The van der Waals surface area contributed by atoms with Gasteiger partial charge in [0.25, 0.3) is 0 Å². The molecular formula is C24H25F3N8O3. The SMILES string of the molecule is COCC[C@H]1C(=O)N2CCCc3nc(NCc4ccc(Oc5cnc(C(F)(F)F)nc5)nc4)nc(c32)N1C. The smallest absolute Gasteiger partial charge is 0.436 e. The van der Waals surface area contributed by atoms with Crippen LogP contribution in [0.4, 0.5) is 30.6 Å². The Balaban J connectivity index is 1.27. The fourth-order valence-corrected chi connectivity index (χ4v) is 4.43. The van der Waals surface area contributed by atoms with Crippen molar-refractivity contribution in [3.05, 3.63) is 47.8 Å². The summed E-state index contributed by atoms with van der Waals surface area (Å²) in [6.45, 7) is 1.48. The van der Waals surface area contributed by atoms with E-state index in [1.54, 1.807) is 30.3 Å². The van der Waals surface area contributed by atoms with Crippen LogP contribution in [0.2, 0.25) is 0 Å². The zero-order valence-corrected chi connectivity index (χ0v) is 20.7. The van der Waals surface area contributed by atoms with Crippen LogP contribution in [0, 0.1) is 0 Å². The molecule has 0 bridgehead atoms. The van der Waals surface area contributed by atoms with Gasteiger partial charge < -0.3 is 24.6 Å². The van der Waals surface area contributed by atoms with Crippen LogP contribution in [0.5, 0.6) is 11.6 Å². The van der Waals surface area contributed by atoms with Gasteiger partial charge in [-0.2, -0.15) is 18.2 Å². The van der Waals surface area contributed by atoms with Crippen LogP contribution in [0.3, 0.4) is 0 Å². The first kappa shape index (κ1) is 25.6. The quantitative estimate of drug-likeness (QED) is 0.465. The van der Waals surface area contributed by atoms with E-state index in [-0.39, 0.29) is 23.6 Å². The van der Waals surface area contributed by atoms with Gasteiger partial charge in [-0.25, -0.2) is 19.9 Å². The largest absolute Gasteiger partial charge is 0.451 e. The number of rotatable bonds is 8. The predicted molar refractivity (Wildman–Crippen MR) is 130 cm³/mol. The van der Waals surface area contributed by atoms with E-state index in [4.69, 9.17) is 14.5 Å². The summed E-state index contributed by atoms with van der Waals surface area (Å²) in [5.74, 6) is 0.161. The van der Waals surface area contributed by atoms with Crippen molar-refractivity contribution < 1.29 is 27.4 Å². The number of halogens is 3. The van der Waals surface area contributed by atoms with Crippen LogP contribution in [0.15, 0.2) is 30.7 Å². The molecule has 5 heterocycles. The number of anilines is 3. The topological polar surface area (TPSA) is 118 Å². The summed E-state index contributed by atoms with van der Waals surface area (Å²) in [4.78, 5) is 36.9. The monoisotopic (exact) mass is 530 g/mol. The van der Waals surface area contributed by atoms with Gasteiger partial charge in [0.1, 0.15) is 11.7 Å². The first-order valence-corrected chi connectivity index (χ1v) is 11.9. The second-order valence-corrected chi connectivity index (χ2v) is 8.87. The van der Waals surface area contributed by atoms with E-state index in [0.717, 1.165) is 42.2 Å². The first-order valence-electron chi connectivity index (χ1n) is 11.9. The standard InChI is InChI=1S/C24H25F3N8O3/c1-34-17(7-9-37-2)21(36)35-8-3-4-16-19(35)20(34)33-23(32-16)31-11-14-5-6-18(28-10-14)38-15-12-29-22(30-13-15)24(25,26)27/h5-6,10,12-13,17H,3-4,7-9,11H2,1-2H3,(H,31,32,33)/t17-/m0/s1. The molecular weight excluding hydrogens is 505 g/mol. The molecule has 1 atom stereocenters. The highest BCUT2D eigenvalue weighted by Crippen LogP contribution is 2.40. The fourth-order valence-electron chi connectivity index (χ4n) is 4.43. The van der Waals surface area contributed by atoms with Crippen molar-refractivity contribution >= 4 is 23.4 Å². The Morgan fingerprint density at radius 1 is 1.13 bits per heavy atom. The van der Waals surface area contributed by atoms with Crippen LogP contribution >= 0.6 is 0 Å². The van der Waals surface area contributed by atoms with Crippen molar-refractivity contribution in [2.75, 3.05) is 42.4 Å². The van der Waals surface area contributed by atoms with Gasteiger partial charge in [-0.05, 0) is 18.4 Å². The highest BCUT2D eigenvalue weighted by atomic mass is 19.4. The molecule has 3 aromatic heterocycles. The number of likely N-dealkylation sites (N-methyl/N-ethyl adjacent to an activating group) is 1. The lowest BCUT2D eigenvalue weighted by atomic mass is 10.0. The Hall–Kier alpha value is -4.07. The number of carbonyl (C=O) groups is 1. The van der Waals surface area contributed by atoms with E-state index in [0.29, 0.717) is 37.9 Å². The van der Waals surface area contributed by atoms with Gasteiger partial charge in [-0.15, -0.1) is 0 Å². The molecule has 0 fully saturated rings. The molecule has 2 aliphatic rings. The number of aryl methyl sites for hydroxylation is 1. The lowest BCUT2D eigenvalue weighted by Crippen LogP contribution is -2.54. The molecule has 1 amide bonds. The maximum absolute atomic E-state index is 13.1. The minimum Gasteiger partial charge on any atom is -0.436 e. The Bertz CT molecular complexity index is 1310. The molecule has 5 rings (SSSR count). The lowest BCUT2D eigenvalue weighted by molar-refractivity contribution is -0.145. The molecule has 0 spiro atoms. The number of methoxy groups -OCH3 is 1. The molecule has 0 radical (unpaired) electrons. The predicted octanol–water partition coefficient (Wildman–Crippen LogP) is 3.22. The van der Waals surface area contributed by atoms with E-state index in [9.17, 15) is 18.0 Å². The van der Waals surface area contributed by atoms with Crippen LogP contribution in [-0.4, -0.2) is 64.2 Å². The van der Waals surface area contributed by atoms with Gasteiger partial charge in [-0.3, -0.25) is 4.79 Å². The van der Waals surface area contributed by atoms with Gasteiger partial charge >= 0.3 is 6.18 Å². The molecule has 38 heavy (non-hydrogen) atoms. The van der Waals surface area contributed by atoms with Gasteiger partial charge in [-0.1, -0.05) is 6.07 Å². The van der Waals surface area contributed by atoms with Gasteiger partial charge in [0.2, 0.25) is 23.6 Å². The molecule has 2 aliphatic heterocycles. The number of nitrogens with one attached hydrogen (secondary N) is 1. The third-order valence-electron chi connectivity index (χ3n) is 6.30. The molecule has 1 N–H and O–H groups in total. The highest BCUT2D eigenvalue weighted by molar-refractivity contribution is 6.05. The molecule has 200 valence electrons. The molecule has 0 saturated carbocycles. The molecule has 14 heteroatoms. The number of aromatic nitrogens is 5. The van der Waals surface area contributed by atoms with Gasteiger partial charge in [0.05, 0.1) is 18.1 Å². The second-order valence-electron chi connectivity index (χ2n) is 8.87. The van der Waals surface area contributed by atoms with Crippen molar-refractivity contribution in [2.45, 2.75) is 38.0 Å². The van der Waals surface area contributed by atoms with Gasteiger partial charge in [0, 0.05) is 52.5 Å². The van der Waals surface area contributed by atoms with Crippen LogP contribution in [-0.2, 0) is 28.7 Å². The summed E-state index contributed by atoms with van der Waals surface area (Å²) in [6, 6.07) is 2.99. The molecule has 0 aromatic carbocycles. The number of amides is 1. The molecule has 11 nitrogen and oxygen atoms in total. The summed E-state index contributed by atoms with van der Waals surface area (Å²) in [7, 11) is 3.47. The Morgan fingerprint density at radius 3 is 2.61 bits per heavy atom. The maximum atomic E-state index is 13.1. The van der Waals surface area contributed by atoms with Gasteiger partial charge in [0.15, 0.2) is 11.6 Å². The zero-order valence-electron chi connectivity index (χ0n) is 20.7. The number of ether oxygens (including phenoxy) is 2. The molecule has 3 aromatic rings. The third-order valence-corrected chi connectivity index (χ3v) is 6.30. The lowest BCUT2D eigenvalue weighted by Gasteiger charge is -2.42.